The third-order valence-corrected chi connectivity index (χ3v) is 5.92. The van der Waals surface area contributed by atoms with E-state index in [9.17, 15) is 14.7 Å². The zero-order valence-electron chi connectivity index (χ0n) is 19.7. The van der Waals surface area contributed by atoms with E-state index in [-0.39, 0.29) is 17.9 Å². The molecule has 0 bridgehead atoms. The van der Waals surface area contributed by atoms with Gasteiger partial charge in [-0.1, -0.05) is 31.0 Å². The van der Waals surface area contributed by atoms with Gasteiger partial charge in [-0.15, -0.1) is 0 Å². The van der Waals surface area contributed by atoms with Gasteiger partial charge in [-0.05, 0) is 54.8 Å². The number of ether oxygens (including phenoxy) is 3. The number of amides is 1. The summed E-state index contributed by atoms with van der Waals surface area (Å²) in [4.78, 5) is 27.5. The van der Waals surface area contributed by atoms with Gasteiger partial charge in [0.15, 0.2) is 11.5 Å². The van der Waals surface area contributed by atoms with Crippen LogP contribution in [0.1, 0.15) is 43.4 Å². The number of likely N-dealkylation sites (tertiary alicyclic amines) is 1. The van der Waals surface area contributed by atoms with Crippen LogP contribution >= 0.6 is 11.6 Å². The average Bonchev–Trinajstić information content (AvgIpc) is 3.09. The molecule has 0 aliphatic carbocycles. The van der Waals surface area contributed by atoms with Gasteiger partial charge in [0.25, 0.3) is 11.7 Å². The Labute approximate surface area is 204 Å². The fourth-order valence-electron chi connectivity index (χ4n) is 3.90. The van der Waals surface area contributed by atoms with Crippen LogP contribution in [0.3, 0.4) is 0 Å². The molecule has 0 spiro atoms. The van der Waals surface area contributed by atoms with Crippen molar-refractivity contribution >= 4 is 29.1 Å². The SMILES string of the molecule is CCCCOc1ccc([C@@H]2C(=C(O)c3ccc(Cl)cc3)C(=O)C(=O)N2CCCOC)cc1OC. The molecule has 8 heteroatoms. The highest BCUT2D eigenvalue weighted by Crippen LogP contribution is 2.42. The lowest BCUT2D eigenvalue weighted by molar-refractivity contribution is -0.140. The van der Waals surface area contributed by atoms with Gasteiger partial charge < -0.3 is 24.2 Å². The molecule has 0 saturated carbocycles. The van der Waals surface area contributed by atoms with Crippen molar-refractivity contribution in [3.63, 3.8) is 0 Å². The Kier molecular flexibility index (Phi) is 8.96. The summed E-state index contributed by atoms with van der Waals surface area (Å²) >= 11 is 5.98. The first kappa shape index (κ1) is 25.6. The van der Waals surface area contributed by atoms with Crippen molar-refractivity contribution in [2.45, 2.75) is 32.2 Å². The monoisotopic (exact) mass is 487 g/mol. The number of Topliss-reactive ketones (excluding diaryl/α,β-unsaturated/α-hetero) is 1. The largest absolute Gasteiger partial charge is 0.507 e. The van der Waals surface area contributed by atoms with E-state index in [1.54, 1.807) is 49.6 Å². The van der Waals surface area contributed by atoms with E-state index in [2.05, 4.69) is 6.92 Å². The van der Waals surface area contributed by atoms with E-state index < -0.39 is 17.7 Å². The molecule has 1 atom stereocenters. The van der Waals surface area contributed by atoms with Gasteiger partial charge >= 0.3 is 0 Å². The predicted octanol–water partition coefficient (Wildman–Crippen LogP) is 4.99. The van der Waals surface area contributed by atoms with Crippen LogP contribution < -0.4 is 9.47 Å². The van der Waals surface area contributed by atoms with Crippen molar-refractivity contribution in [3.8, 4) is 11.5 Å². The second-order valence-electron chi connectivity index (χ2n) is 7.96. The molecule has 1 aliphatic rings. The van der Waals surface area contributed by atoms with Crippen LogP contribution in [0.4, 0.5) is 0 Å². The van der Waals surface area contributed by atoms with Gasteiger partial charge in [0.05, 0.1) is 25.3 Å². The summed E-state index contributed by atoms with van der Waals surface area (Å²) < 4.78 is 16.5. The standard InChI is InChI=1S/C26H30ClNO6/c1-4-5-15-34-20-12-9-18(16-21(20)33-3)23-22(24(29)17-7-10-19(27)11-8-17)25(30)26(31)28(23)13-6-14-32-2/h7-12,16,23,29H,4-6,13-15H2,1-3H3/t23-/m1/s1. The van der Waals surface area contributed by atoms with Crippen molar-refractivity contribution in [1.29, 1.82) is 0 Å². The van der Waals surface area contributed by atoms with E-state index in [1.165, 1.54) is 12.0 Å². The molecule has 1 fully saturated rings. The van der Waals surface area contributed by atoms with Gasteiger partial charge in [-0.2, -0.15) is 0 Å². The second-order valence-corrected chi connectivity index (χ2v) is 8.39. The summed E-state index contributed by atoms with van der Waals surface area (Å²) in [6, 6.07) is 11.0. The number of methoxy groups -OCH3 is 2. The lowest BCUT2D eigenvalue weighted by Crippen LogP contribution is -2.31. The first-order chi connectivity index (χ1) is 16.4. The second kappa shape index (κ2) is 11.9. The topological polar surface area (TPSA) is 85.3 Å². The van der Waals surface area contributed by atoms with E-state index in [0.717, 1.165) is 12.8 Å². The molecule has 0 radical (unpaired) electrons. The minimum atomic E-state index is -0.786. The molecule has 1 aliphatic heterocycles. The van der Waals surface area contributed by atoms with Crippen molar-refractivity contribution in [2.24, 2.45) is 0 Å². The maximum Gasteiger partial charge on any atom is 0.295 e. The Morgan fingerprint density at radius 2 is 1.76 bits per heavy atom. The van der Waals surface area contributed by atoms with Crippen LogP contribution in [0.15, 0.2) is 48.0 Å². The van der Waals surface area contributed by atoms with E-state index in [4.69, 9.17) is 25.8 Å². The van der Waals surface area contributed by atoms with Crippen molar-refractivity contribution in [2.75, 3.05) is 34.0 Å². The Balaban J connectivity index is 2.08. The third kappa shape index (κ3) is 5.54. The minimum absolute atomic E-state index is 0.0199. The van der Waals surface area contributed by atoms with E-state index in [1.807, 2.05) is 0 Å². The van der Waals surface area contributed by atoms with Gasteiger partial charge in [-0.3, -0.25) is 9.59 Å². The highest BCUT2D eigenvalue weighted by Gasteiger charge is 2.46. The first-order valence-electron chi connectivity index (χ1n) is 11.3. The lowest BCUT2D eigenvalue weighted by Gasteiger charge is -2.26. The fourth-order valence-corrected chi connectivity index (χ4v) is 4.03. The van der Waals surface area contributed by atoms with Gasteiger partial charge in [0, 0.05) is 30.8 Å². The molecular formula is C26H30ClNO6. The number of unbranched alkanes of at least 4 members (excludes halogenated alkanes) is 1. The number of rotatable bonds is 11. The highest BCUT2D eigenvalue weighted by atomic mass is 35.5. The average molecular weight is 488 g/mol. The van der Waals surface area contributed by atoms with Crippen LogP contribution in [0, 0.1) is 0 Å². The predicted molar refractivity (Wildman–Crippen MR) is 130 cm³/mol. The van der Waals surface area contributed by atoms with E-state index in [0.29, 0.717) is 47.3 Å². The zero-order valence-corrected chi connectivity index (χ0v) is 20.4. The Bertz CT molecular complexity index is 1050. The molecule has 34 heavy (non-hydrogen) atoms. The smallest absolute Gasteiger partial charge is 0.295 e. The number of benzene rings is 2. The molecule has 182 valence electrons. The number of carbonyl (C=O) groups excluding carboxylic acids is 2. The molecule has 1 heterocycles. The molecule has 1 amide bonds. The van der Waals surface area contributed by atoms with Crippen LogP contribution in [-0.4, -0.2) is 55.7 Å². The lowest BCUT2D eigenvalue weighted by atomic mass is 9.95. The van der Waals surface area contributed by atoms with Crippen molar-refractivity contribution in [3.05, 3.63) is 64.2 Å². The normalized spacial score (nSPS) is 17.3. The Morgan fingerprint density at radius 3 is 2.41 bits per heavy atom. The molecule has 1 saturated heterocycles. The summed E-state index contributed by atoms with van der Waals surface area (Å²) in [5, 5.41) is 11.6. The molecule has 1 N–H and O–H groups in total. The highest BCUT2D eigenvalue weighted by molar-refractivity contribution is 6.46. The van der Waals surface area contributed by atoms with Crippen molar-refractivity contribution in [1.82, 2.24) is 4.90 Å². The molecule has 2 aromatic rings. The zero-order chi connectivity index (χ0) is 24.7. The number of ketones is 1. The number of nitrogens with zero attached hydrogens (tertiary/aromatic N) is 1. The summed E-state index contributed by atoms with van der Waals surface area (Å²) in [6.45, 7) is 3.35. The Hall–Kier alpha value is -3.03. The third-order valence-electron chi connectivity index (χ3n) is 5.66. The summed E-state index contributed by atoms with van der Waals surface area (Å²) in [5.74, 6) is -0.594. The maximum absolute atomic E-state index is 13.1. The Morgan fingerprint density at radius 1 is 1.03 bits per heavy atom. The number of hydrogen-bond acceptors (Lipinski definition) is 6. The number of carbonyl (C=O) groups is 2. The number of aliphatic hydroxyl groups excluding tert-OH is 1. The molecule has 3 rings (SSSR count). The first-order valence-corrected chi connectivity index (χ1v) is 11.6. The molecule has 0 unspecified atom stereocenters. The van der Waals surface area contributed by atoms with Gasteiger partial charge in [0.2, 0.25) is 0 Å². The number of halogens is 1. The van der Waals surface area contributed by atoms with E-state index >= 15 is 0 Å². The van der Waals surface area contributed by atoms with Gasteiger partial charge in [-0.25, -0.2) is 0 Å². The van der Waals surface area contributed by atoms with Crippen LogP contribution in [0.25, 0.3) is 5.76 Å². The molecular weight excluding hydrogens is 458 g/mol. The summed E-state index contributed by atoms with van der Waals surface area (Å²) in [6.07, 6.45) is 2.45. The summed E-state index contributed by atoms with van der Waals surface area (Å²) in [7, 11) is 3.11. The maximum atomic E-state index is 13.1. The molecule has 2 aromatic carbocycles. The quantitative estimate of drug-likeness (QED) is 0.208. The number of aliphatic hydroxyl groups is 1. The van der Waals surface area contributed by atoms with Crippen molar-refractivity contribution < 1.29 is 28.9 Å². The fraction of sp³-hybridized carbons (Fsp3) is 0.385. The van der Waals surface area contributed by atoms with Crippen LogP contribution in [-0.2, 0) is 14.3 Å². The van der Waals surface area contributed by atoms with Gasteiger partial charge in [0.1, 0.15) is 5.76 Å². The number of hydrogen-bond donors (Lipinski definition) is 1. The van der Waals surface area contributed by atoms with Crippen LogP contribution in [0.2, 0.25) is 5.02 Å². The minimum Gasteiger partial charge on any atom is -0.507 e. The molecule has 7 nitrogen and oxygen atoms in total. The van der Waals surface area contributed by atoms with Crippen LogP contribution in [0.5, 0.6) is 11.5 Å². The molecule has 0 aromatic heterocycles. The summed E-state index contributed by atoms with van der Waals surface area (Å²) in [5.41, 5.74) is 1.05.